The molecule has 0 amide bonds. The lowest BCUT2D eigenvalue weighted by atomic mass is 10.3. The Morgan fingerprint density at radius 3 is 2.73 bits per heavy atom. The van der Waals surface area contributed by atoms with E-state index in [0.29, 0.717) is 12.3 Å². The van der Waals surface area contributed by atoms with Crippen molar-refractivity contribution in [2.75, 3.05) is 19.0 Å². The van der Waals surface area contributed by atoms with Crippen molar-refractivity contribution >= 4 is 17.6 Å². The fourth-order valence-electron chi connectivity index (χ4n) is 0.809. The number of hydrogen-bond donors (Lipinski definition) is 1. The zero-order chi connectivity index (χ0) is 11.7. The van der Waals surface area contributed by atoms with Crippen LogP contribution in [0.2, 0.25) is 0 Å². The fraction of sp³-hybridized carbons (Fsp3) is 0.667. The number of allylic oxidation sites excluding steroid dienone is 1. The summed E-state index contributed by atoms with van der Waals surface area (Å²) in [4.78, 5) is 10.9. The van der Waals surface area contributed by atoms with Gasteiger partial charge in [-0.05, 0) is 6.92 Å². The van der Waals surface area contributed by atoms with Crippen molar-refractivity contribution in [3.8, 4) is 0 Å². The molecule has 0 unspecified atom stereocenters. The third kappa shape index (κ3) is 8.17. The van der Waals surface area contributed by atoms with E-state index in [-0.39, 0.29) is 12.3 Å². The zero-order valence-corrected chi connectivity index (χ0v) is 9.19. The van der Waals surface area contributed by atoms with Crippen LogP contribution in [0.3, 0.4) is 0 Å². The number of nitrogens with one attached hydrogen (secondary N) is 1. The summed E-state index contributed by atoms with van der Waals surface area (Å²) in [6, 6.07) is 0. The van der Waals surface area contributed by atoms with Gasteiger partial charge in [0.05, 0.1) is 25.5 Å². The number of halogens is 3. The van der Waals surface area contributed by atoms with Crippen LogP contribution in [0.5, 0.6) is 0 Å². The summed E-state index contributed by atoms with van der Waals surface area (Å²) in [5.41, 5.74) is 0.407. The normalized spacial score (nSPS) is 11.7. The van der Waals surface area contributed by atoms with Gasteiger partial charge < -0.3 is 10.1 Å². The molecule has 88 valence electrons. The monoisotopic (exact) mass is 241 g/mol. The first kappa shape index (κ1) is 14.2. The van der Waals surface area contributed by atoms with Gasteiger partial charge in [0, 0.05) is 5.70 Å². The van der Waals surface area contributed by atoms with Crippen molar-refractivity contribution in [2.24, 2.45) is 0 Å². The summed E-state index contributed by atoms with van der Waals surface area (Å²) in [5, 5.41) is 2.44. The van der Waals surface area contributed by atoms with Gasteiger partial charge in [0.1, 0.15) is 0 Å². The summed E-state index contributed by atoms with van der Waals surface area (Å²) in [7, 11) is 0. The molecule has 0 heterocycles. The van der Waals surface area contributed by atoms with E-state index in [9.17, 15) is 13.6 Å². The molecule has 0 rings (SSSR count). The molecular formula is C9H14ClF2NO2. The molecule has 0 aromatic carbocycles. The Morgan fingerprint density at radius 2 is 2.27 bits per heavy atom. The molecule has 0 atom stereocenters. The Kier molecular flexibility index (Phi) is 7.99. The van der Waals surface area contributed by atoms with Crippen molar-refractivity contribution in [2.45, 2.75) is 19.8 Å². The number of alkyl halides is 3. The standard InChI is InChI=1S/C9H14ClF2NO2/c1-2-15-9(14)4-3-7(5-10)13-6-8(11)12/h3,8,13H,2,4-6H2,1H3/b7-3-. The molecule has 0 radical (unpaired) electrons. The van der Waals surface area contributed by atoms with Crippen molar-refractivity contribution in [1.29, 1.82) is 0 Å². The molecule has 3 nitrogen and oxygen atoms in total. The Bertz CT molecular complexity index is 222. The lowest BCUT2D eigenvalue weighted by Gasteiger charge is -2.07. The van der Waals surface area contributed by atoms with Crippen LogP contribution in [0.4, 0.5) is 8.78 Å². The molecule has 0 saturated carbocycles. The smallest absolute Gasteiger partial charge is 0.309 e. The summed E-state index contributed by atoms with van der Waals surface area (Å²) < 4.78 is 28.3. The van der Waals surface area contributed by atoms with Gasteiger partial charge in [0.2, 0.25) is 0 Å². The Hall–Kier alpha value is -0.840. The van der Waals surface area contributed by atoms with Crippen LogP contribution in [0, 0.1) is 0 Å². The van der Waals surface area contributed by atoms with Gasteiger partial charge in [-0.1, -0.05) is 6.08 Å². The van der Waals surface area contributed by atoms with E-state index in [0.717, 1.165) is 0 Å². The van der Waals surface area contributed by atoms with Crippen LogP contribution in [0.25, 0.3) is 0 Å². The SMILES string of the molecule is CCOC(=O)C/C=C(/CCl)NCC(F)F. The van der Waals surface area contributed by atoms with Crippen LogP contribution in [0.1, 0.15) is 13.3 Å². The number of hydrogen-bond acceptors (Lipinski definition) is 3. The van der Waals surface area contributed by atoms with E-state index >= 15 is 0 Å². The minimum absolute atomic E-state index is 0.0339. The first-order valence-corrected chi connectivity index (χ1v) is 5.06. The Morgan fingerprint density at radius 1 is 1.60 bits per heavy atom. The average Bonchev–Trinajstić information content (AvgIpc) is 2.18. The lowest BCUT2D eigenvalue weighted by molar-refractivity contribution is -0.142. The van der Waals surface area contributed by atoms with E-state index in [1.54, 1.807) is 6.92 Å². The molecule has 0 fully saturated rings. The Balaban J connectivity index is 3.93. The van der Waals surface area contributed by atoms with Crippen molar-refractivity contribution in [3.05, 3.63) is 11.8 Å². The van der Waals surface area contributed by atoms with Gasteiger partial charge in [0.15, 0.2) is 0 Å². The van der Waals surface area contributed by atoms with Gasteiger partial charge in [-0.25, -0.2) is 8.78 Å². The molecule has 0 aromatic heterocycles. The van der Waals surface area contributed by atoms with Crippen LogP contribution in [-0.4, -0.2) is 31.4 Å². The van der Waals surface area contributed by atoms with Crippen LogP contribution in [-0.2, 0) is 9.53 Å². The number of ether oxygens (including phenoxy) is 1. The van der Waals surface area contributed by atoms with Gasteiger partial charge in [0.25, 0.3) is 6.43 Å². The van der Waals surface area contributed by atoms with Crippen molar-refractivity contribution in [1.82, 2.24) is 5.32 Å². The Labute approximate surface area is 92.4 Å². The maximum Gasteiger partial charge on any atom is 0.309 e. The number of carbonyl (C=O) groups excluding carboxylic acids is 1. The average molecular weight is 242 g/mol. The molecule has 0 aliphatic carbocycles. The second-order valence-corrected chi connectivity index (χ2v) is 2.91. The molecule has 0 aliphatic heterocycles. The lowest BCUT2D eigenvalue weighted by Crippen LogP contribution is -2.21. The molecule has 0 aliphatic rings. The van der Waals surface area contributed by atoms with Gasteiger partial charge in [-0.2, -0.15) is 0 Å². The molecule has 6 heteroatoms. The molecule has 0 aromatic rings. The van der Waals surface area contributed by atoms with E-state index < -0.39 is 18.9 Å². The number of carbonyl (C=O) groups is 1. The molecule has 0 saturated heterocycles. The van der Waals surface area contributed by atoms with Crippen molar-refractivity contribution in [3.63, 3.8) is 0 Å². The fourth-order valence-corrected chi connectivity index (χ4v) is 1.01. The maximum atomic E-state index is 11.8. The van der Waals surface area contributed by atoms with Crippen molar-refractivity contribution < 1.29 is 18.3 Å². The highest BCUT2D eigenvalue weighted by Gasteiger charge is 2.04. The topological polar surface area (TPSA) is 38.3 Å². The maximum absolute atomic E-state index is 11.8. The zero-order valence-electron chi connectivity index (χ0n) is 8.43. The van der Waals surface area contributed by atoms with Crippen LogP contribution < -0.4 is 5.32 Å². The third-order valence-corrected chi connectivity index (χ3v) is 1.74. The second-order valence-electron chi connectivity index (χ2n) is 2.64. The highest BCUT2D eigenvalue weighted by atomic mass is 35.5. The first-order chi connectivity index (χ1) is 7.10. The highest BCUT2D eigenvalue weighted by Crippen LogP contribution is 1.99. The van der Waals surface area contributed by atoms with E-state index in [4.69, 9.17) is 11.6 Å². The second kappa shape index (κ2) is 8.47. The predicted molar refractivity (Wildman–Crippen MR) is 54.1 cm³/mol. The van der Waals surface area contributed by atoms with Crippen LogP contribution in [0.15, 0.2) is 11.8 Å². The minimum atomic E-state index is -2.45. The van der Waals surface area contributed by atoms with Gasteiger partial charge >= 0.3 is 5.97 Å². The predicted octanol–water partition coefficient (Wildman–Crippen LogP) is 1.92. The van der Waals surface area contributed by atoms with E-state index in [1.165, 1.54) is 6.08 Å². The van der Waals surface area contributed by atoms with E-state index in [1.807, 2.05) is 0 Å². The summed E-state index contributed by atoms with van der Waals surface area (Å²) in [6.07, 6.45) is -0.960. The summed E-state index contributed by atoms with van der Waals surface area (Å²) >= 11 is 5.48. The molecule has 15 heavy (non-hydrogen) atoms. The first-order valence-electron chi connectivity index (χ1n) is 4.52. The van der Waals surface area contributed by atoms with E-state index in [2.05, 4.69) is 10.1 Å². The summed E-state index contributed by atoms with van der Waals surface area (Å²) in [6.45, 7) is 1.52. The third-order valence-electron chi connectivity index (χ3n) is 1.45. The highest BCUT2D eigenvalue weighted by molar-refractivity contribution is 6.19. The van der Waals surface area contributed by atoms with Gasteiger partial charge in [-0.15, -0.1) is 11.6 Å². The molecule has 0 bridgehead atoms. The largest absolute Gasteiger partial charge is 0.466 e. The summed E-state index contributed by atoms with van der Waals surface area (Å²) in [5.74, 6) is -0.342. The molecule has 0 spiro atoms. The molecule has 1 N–H and O–H groups in total. The van der Waals surface area contributed by atoms with Gasteiger partial charge in [-0.3, -0.25) is 4.79 Å². The van der Waals surface area contributed by atoms with Crippen LogP contribution >= 0.6 is 11.6 Å². The number of esters is 1. The molecular weight excluding hydrogens is 228 g/mol. The number of rotatable bonds is 7. The quantitative estimate of drug-likeness (QED) is 0.547. The minimum Gasteiger partial charge on any atom is -0.466 e.